The fraction of sp³-hybridized carbons (Fsp3) is 0.667. The van der Waals surface area contributed by atoms with Gasteiger partial charge in [-0.15, -0.1) is 0 Å². The molecule has 1 aliphatic rings. The minimum absolute atomic E-state index is 0.140. The van der Waals surface area contributed by atoms with Crippen molar-refractivity contribution in [2.24, 2.45) is 0 Å². The first kappa shape index (κ1) is 14.8. The zero-order valence-corrected chi connectivity index (χ0v) is 11.5. The Morgan fingerprint density at radius 3 is 2.56 bits per heavy atom. The van der Waals surface area contributed by atoms with Gasteiger partial charge in [-0.25, -0.2) is 0 Å². The lowest BCUT2D eigenvalue weighted by Crippen LogP contribution is -2.05. The van der Waals surface area contributed by atoms with E-state index in [0.29, 0.717) is 18.9 Å². The summed E-state index contributed by atoms with van der Waals surface area (Å²) < 4.78 is 5.24. The second kappa shape index (κ2) is 8.78. The first-order valence-corrected chi connectivity index (χ1v) is 7.04. The second-order valence-corrected chi connectivity index (χ2v) is 4.86. The van der Waals surface area contributed by atoms with Crippen molar-refractivity contribution in [2.45, 2.75) is 58.3 Å². The molecule has 0 aromatic heterocycles. The molecule has 3 heteroatoms. The Labute approximate surface area is 110 Å². The highest BCUT2D eigenvalue weighted by atomic mass is 16.5. The van der Waals surface area contributed by atoms with Gasteiger partial charge in [0.25, 0.3) is 0 Å². The number of hydrogen-bond acceptors (Lipinski definition) is 3. The maximum atomic E-state index is 11.6. The van der Waals surface area contributed by atoms with Gasteiger partial charge in [0.15, 0.2) is 11.7 Å². The molecule has 1 rings (SSSR count). The number of nitrogens with one attached hydrogen (secondary N) is 1. The predicted octanol–water partition coefficient (Wildman–Crippen LogP) is 3.67. The molecular weight excluding hydrogens is 226 g/mol. The Balaban J connectivity index is 2.02. The van der Waals surface area contributed by atoms with E-state index < -0.39 is 0 Å². The number of hydrogen-bond donors (Lipinski definition) is 1. The lowest BCUT2D eigenvalue weighted by molar-refractivity contribution is -0.114. The maximum Gasteiger partial charge on any atom is 0.194 e. The molecule has 0 aromatic rings. The quantitative estimate of drug-likeness (QED) is 0.502. The van der Waals surface area contributed by atoms with Crippen molar-refractivity contribution in [2.75, 3.05) is 6.61 Å². The van der Waals surface area contributed by atoms with Gasteiger partial charge in [-0.05, 0) is 6.42 Å². The van der Waals surface area contributed by atoms with Crippen molar-refractivity contribution >= 4 is 5.78 Å². The van der Waals surface area contributed by atoms with Gasteiger partial charge >= 0.3 is 0 Å². The van der Waals surface area contributed by atoms with E-state index in [2.05, 4.69) is 18.8 Å². The summed E-state index contributed by atoms with van der Waals surface area (Å²) in [5.74, 6) is 0.689. The van der Waals surface area contributed by atoms with E-state index in [0.717, 1.165) is 18.5 Å². The number of unbranched alkanes of at least 4 members (excludes halogenated alkanes) is 6. The van der Waals surface area contributed by atoms with Crippen LogP contribution in [0.5, 0.6) is 0 Å². The SMILES string of the molecule is C=C1CO/C(=C/C(=O)CCCCCCCCC)N1. The molecule has 1 N–H and O–H groups in total. The number of carbonyl (C=O) groups is 1. The molecule has 0 radical (unpaired) electrons. The molecule has 0 amide bonds. The van der Waals surface area contributed by atoms with Crippen LogP contribution in [0.25, 0.3) is 0 Å². The summed E-state index contributed by atoms with van der Waals surface area (Å²) in [6.45, 7) is 6.43. The van der Waals surface area contributed by atoms with Crippen LogP contribution in [0.2, 0.25) is 0 Å². The molecule has 0 saturated carbocycles. The molecule has 1 heterocycles. The van der Waals surface area contributed by atoms with E-state index in [1.54, 1.807) is 6.08 Å². The third kappa shape index (κ3) is 6.48. The highest BCUT2D eigenvalue weighted by Crippen LogP contribution is 2.11. The van der Waals surface area contributed by atoms with Gasteiger partial charge in [0.05, 0.1) is 0 Å². The minimum Gasteiger partial charge on any atom is -0.472 e. The average Bonchev–Trinajstić information content (AvgIpc) is 2.73. The van der Waals surface area contributed by atoms with E-state index in [-0.39, 0.29) is 5.78 Å². The summed E-state index contributed by atoms with van der Waals surface area (Å²) in [4.78, 5) is 11.6. The van der Waals surface area contributed by atoms with Crippen molar-refractivity contribution in [3.8, 4) is 0 Å². The van der Waals surface area contributed by atoms with E-state index in [1.165, 1.54) is 32.1 Å². The number of ether oxygens (including phenoxy) is 1. The van der Waals surface area contributed by atoms with Crippen molar-refractivity contribution in [3.63, 3.8) is 0 Å². The third-order valence-corrected chi connectivity index (χ3v) is 3.02. The Bertz CT molecular complexity index is 308. The zero-order chi connectivity index (χ0) is 13.2. The number of rotatable bonds is 9. The molecular formula is C15H25NO2. The Morgan fingerprint density at radius 1 is 1.28 bits per heavy atom. The molecule has 0 unspecified atom stereocenters. The fourth-order valence-electron chi connectivity index (χ4n) is 1.96. The molecule has 0 aromatic carbocycles. The molecule has 0 spiro atoms. The molecule has 0 bridgehead atoms. The van der Waals surface area contributed by atoms with E-state index in [9.17, 15) is 4.79 Å². The van der Waals surface area contributed by atoms with Crippen LogP contribution in [0.15, 0.2) is 24.2 Å². The first-order chi connectivity index (χ1) is 8.72. The molecule has 102 valence electrons. The van der Waals surface area contributed by atoms with E-state index in [4.69, 9.17) is 4.74 Å². The Kier molecular flexibility index (Phi) is 7.23. The lowest BCUT2D eigenvalue weighted by atomic mass is 10.1. The van der Waals surface area contributed by atoms with Crippen LogP contribution < -0.4 is 5.32 Å². The van der Waals surface area contributed by atoms with Gasteiger partial charge in [-0.2, -0.15) is 0 Å². The molecule has 1 aliphatic heterocycles. The predicted molar refractivity (Wildman–Crippen MR) is 73.9 cm³/mol. The van der Waals surface area contributed by atoms with Crippen molar-refractivity contribution < 1.29 is 9.53 Å². The highest BCUT2D eigenvalue weighted by Gasteiger charge is 2.11. The van der Waals surface area contributed by atoms with Crippen LogP contribution in [0.1, 0.15) is 58.3 Å². The van der Waals surface area contributed by atoms with Crippen molar-refractivity contribution in [1.82, 2.24) is 5.32 Å². The van der Waals surface area contributed by atoms with E-state index >= 15 is 0 Å². The first-order valence-electron chi connectivity index (χ1n) is 7.04. The number of allylic oxidation sites excluding steroid dienone is 1. The number of ketones is 1. The summed E-state index contributed by atoms with van der Waals surface area (Å²) in [6, 6.07) is 0. The van der Waals surface area contributed by atoms with Crippen LogP contribution in [0, 0.1) is 0 Å². The van der Waals surface area contributed by atoms with Gasteiger partial charge in [0.1, 0.15) is 6.61 Å². The van der Waals surface area contributed by atoms with Crippen LogP contribution in [0.4, 0.5) is 0 Å². The Hall–Kier alpha value is -1.25. The van der Waals surface area contributed by atoms with Gasteiger partial charge in [-0.1, -0.05) is 52.0 Å². The summed E-state index contributed by atoms with van der Waals surface area (Å²) in [5, 5.41) is 2.93. The van der Waals surface area contributed by atoms with Crippen LogP contribution >= 0.6 is 0 Å². The average molecular weight is 251 g/mol. The van der Waals surface area contributed by atoms with Crippen molar-refractivity contribution in [1.29, 1.82) is 0 Å². The molecule has 0 aliphatic carbocycles. The minimum atomic E-state index is 0.140. The van der Waals surface area contributed by atoms with Gasteiger partial charge in [0, 0.05) is 18.2 Å². The fourth-order valence-corrected chi connectivity index (χ4v) is 1.96. The lowest BCUT2D eigenvalue weighted by Gasteiger charge is -2.00. The Morgan fingerprint density at radius 2 is 1.94 bits per heavy atom. The maximum absolute atomic E-state index is 11.6. The topological polar surface area (TPSA) is 38.3 Å². The molecule has 1 saturated heterocycles. The van der Waals surface area contributed by atoms with Gasteiger partial charge < -0.3 is 10.1 Å². The molecule has 18 heavy (non-hydrogen) atoms. The molecule has 0 atom stereocenters. The summed E-state index contributed by atoms with van der Waals surface area (Å²) in [6.07, 6.45) is 10.8. The smallest absolute Gasteiger partial charge is 0.194 e. The monoisotopic (exact) mass is 251 g/mol. The second-order valence-electron chi connectivity index (χ2n) is 4.86. The van der Waals surface area contributed by atoms with Gasteiger partial charge in [-0.3, -0.25) is 4.79 Å². The van der Waals surface area contributed by atoms with Crippen LogP contribution in [-0.2, 0) is 9.53 Å². The molecule has 1 fully saturated rings. The molecule has 3 nitrogen and oxygen atoms in total. The third-order valence-electron chi connectivity index (χ3n) is 3.02. The summed E-state index contributed by atoms with van der Waals surface area (Å²) in [5.41, 5.74) is 0.810. The highest BCUT2D eigenvalue weighted by molar-refractivity contribution is 5.90. The van der Waals surface area contributed by atoms with Crippen LogP contribution in [0.3, 0.4) is 0 Å². The zero-order valence-electron chi connectivity index (χ0n) is 11.5. The van der Waals surface area contributed by atoms with Crippen molar-refractivity contribution in [3.05, 3.63) is 24.2 Å². The standard InChI is InChI=1S/C15H25NO2/c1-3-4-5-6-7-8-9-10-14(17)11-15-16-13(2)12-18-15/h11,16H,2-10,12H2,1H3/b15-11+. The summed E-state index contributed by atoms with van der Waals surface area (Å²) in [7, 11) is 0. The van der Waals surface area contributed by atoms with Gasteiger partial charge in [0.2, 0.25) is 0 Å². The van der Waals surface area contributed by atoms with E-state index in [1.807, 2.05) is 0 Å². The number of carbonyl (C=O) groups excluding carboxylic acids is 1. The summed E-state index contributed by atoms with van der Waals surface area (Å²) >= 11 is 0. The normalized spacial score (nSPS) is 16.7. The van der Waals surface area contributed by atoms with Crippen LogP contribution in [-0.4, -0.2) is 12.4 Å². The largest absolute Gasteiger partial charge is 0.472 e.